The summed E-state index contributed by atoms with van der Waals surface area (Å²) in [4.78, 5) is 28.8. The fourth-order valence-electron chi connectivity index (χ4n) is 5.06. The van der Waals surface area contributed by atoms with Crippen molar-refractivity contribution >= 4 is 33.9 Å². The van der Waals surface area contributed by atoms with E-state index in [-0.39, 0.29) is 22.8 Å². The molecule has 1 aliphatic rings. The summed E-state index contributed by atoms with van der Waals surface area (Å²) >= 11 is 0. The van der Waals surface area contributed by atoms with Crippen LogP contribution in [0.25, 0.3) is 16.5 Å². The molecule has 0 aliphatic carbocycles. The van der Waals surface area contributed by atoms with Crippen molar-refractivity contribution in [2.24, 2.45) is 0 Å². The van der Waals surface area contributed by atoms with Crippen molar-refractivity contribution in [1.82, 2.24) is 0 Å². The van der Waals surface area contributed by atoms with Crippen LogP contribution in [-0.4, -0.2) is 35.1 Å². The number of amides is 1. The van der Waals surface area contributed by atoms with Crippen LogP contribution >= 0.6 is 0 Å². The monoisotopic (exact) mass is 523 g/mol. The van der Waals surface area contributed by atoms with Gasteiger partial charge in [-0.05, 0) is 73.7 Å². The van der Waals surface area contributed by atoms with E-state index in [1.807, 2.05) is 50.2 Å². The Balaban J connectivity index is 1.76. The second kappa shape index (κ2) is 10.5. The third-order valence-corrected chi connectivity index (χ3v) is 6.82. The number of aromatic hydroxyl groups is 1. The Hall–Kier alpha value is -4.78. The summed E-state index contributed by atoms with van der Waals surface area (Å²) in [6.07, 6.45) is 0. The number of carbonyl (C=O) groups excluding carboxylic acids is 2. The molecule has 198 valence electrons. The predicted molar refractivity (Wildman–Crippen MR) is 150 cm³/mol. The van der Waals surface area contributed by atoms with Crippen LogP contribution in [0.4, 0.5) is 5.69 Å². The zero-order valence-corrected chi connectivity index (χ0v) is 22.0. The highest BCUT2D eigenvalue weighted by atomic mass is 16.5. The molecule has 39 heavy (non-hydrogen) atoms. The van der Waals surface area contributed by atoms with Crippen molar-refractivity contribution in [3.63, 3.8) is 0 Å². The van der Waals surface area contributed by atoms with Gasteiger partial charge in [0.25, 0.3) is 11.7 Å². The zero-order valence-electron chi connectivity index (χ0n) is 22.0. The average Bonchev–Trinajstić information content (AvgIpc) is 3.20. The van der Waals surface area contributed by atoms with Gasteiger partial charge in [-0.1, -0.05) is 42.5 Å². The van der Waals surface area contributed by atoms with Gasteiger partial charge in [-0.3, -0.25) is 14.5 Å². The van der Waals surface area contributed by atoms with Gasteiger partial charge in [0, 0.05) is 10.9 Å². The highest BCUT2D eigenvalue weighted by Gasteiger charge is 2.47. The minimum absolute atomic E-state index is 0.0513. The number of aliphatic hydroxyl groups excluding tert-OH is 1. The van der Waals surface area contributed by atoms with Gasteiger partial charge >= 0.3 is 0 Å². The van der Waals surface area contributed by atoms with Gasteiger partial charge in [0.05, 0.1) is 30.5 Å². The molecule has 7 nitrogen and oxygen atoms in total. The molecule has 0 aromatic heterocycles. The minimum Gasteiger partial charge on any atom is -0.507 e. The summed E-state index contributed by atoms with van der Waals surface area (Å²) in [6.45, 7) is 6.33. The smallest absolute Gasteiger partial charge is 0.300 e. The zero-order chi connectivity index (χ0) is 27.7. The number of nitrogens with zero attached hydrogens (tertiary/aromatic N) is 1. The Kier molecular flexibility index (Phi) is 6.98. The number of rotatable bonds is 7. The molecule has 7 heteroatoms. The summed E-state index contributed by atoms with van der Waals surface area (Å²) in [5, 5.41) is 23.6. The fourth-order valence-corrected chi connectivity index (χ4v) is 5.06. The molecular formula is C32H29NO6. The van der Waals surface area contributed by atoms with Gasteiger partial charge in [-0.2, -0.15) is 0 Å². The maximum absolute atomic E-state index is 13.7. The molecular weight excluding hydrogens is 494 g/mol. The third-order valence-electron chi connectivity index (χ3n) is 6.82. The van der Waals surface area contributed by atoms with Crippen LogP contribution in [-0.2, 0) is 9.59 Å². The lowest BCUT2D eigenvalue weighted by Gasteiger charge is -2.27. The van der Waals surface area contributed by atoms with E-state index in [4.69, 9.17) is 9.47 Å². The quantitative estimate of drug-likeness (QED) is 0.168. The number of phenolic OH excluding ortho intramolecular Hbond substituents is 1. The fraction of sp³-hybridized carbons (Fsp3) is 0.188. The van der Waals surface area contributed by atoms with Crippen LogP contribution in [0.3, 0.4) is 0 Å². The molecule has 0 spiro atoms. The second-order valence-electron chi connectivity index (χ2n) is 9.24. The average molecular weight is 524 g/mol. The lowest BCUT2D eigenvalue weighted by Crippen LogP contribution is -2.29. The number of ether oxygens (including phenoxy) is 2. The minimum atomic E-state index is -0.970. The largest absolute Gasteiger partial charge is 0.507 e. The summed E-state index contributed by atoms with van der Waals surface area (Å²) < 4.78 is 11.2. The van der Waals surface area contributed by atoms with Gasteiger partial charge in [-0.25, -0.2) is 0 Å². The van der Waals surface area contributed by atoms with Crippen LogP contribution in [0, 0.1) is 6.92 Å². The van der Waals surface area contributed by atoms with Crippen LogP contribution in [0.5, 0.6) is 17.2 Å². The molecule has 5 rings (SSSR count). The summed E-state index contributed by atoms with van der Waals surface area (Å²) in [6, 6.07) is 22.0. The van der Waals surface area contributed by atoms with Crippen LogP contribution in [0.1, 0.15) is 36.6 Å². The molecule has 1 heterocycles. The number of phenols is 1. The molecule has 1 unspecified atom stereocenters. The Bertz CT molecular complexity index is 1620. The van der Waals surface area contributed by atoms with Crippen LogP contribution in [0.15, 0.2) is 84.4 Å². The number of benzene rings is 4. The molecule has 4 aromatic carbocycles. The van der Waals surface area contributed by atoms with E-state index in [0.717, 1.165) is 16.3 Å². The SMILES string of the molecule is CCOc1ccc(/C(O)=C2\C(=O)C(=O)N(c3cccc4ccccc34)C2c2ccc(O)c(OCC)c2)cc1C. The number of fused-ring (bicyclic) bond motifs is 1. The normalized spacial score (nSPS) is 16.6. The van der Waals surface area contributed by atoms with Crippen molar-refractivity contribution < 1.29 is 29.3 Å². The molecule has 1 amide bonds. The Morgan fingerprint density at radius 3 is 2.33 bits per heavy atom. The first-order valence-corrected chi connectivity index (χ1v) is 12.8. The maximum atomic E-state index is 13.7. The predicted octanol–water partition coefficient (Wildman–Crippen LogP) is 6.28. The van der Waals surface area contributed by atoms with Crippen LogP contribution in [0.2, 0.25) is 0 Å². The first kappa shape index (κ1) is 25.9. The highest BCUT2D eigenvalue weighted by Crippen LogP contribution is 2.45. The van der Waals surface area contributed by atoms with Gasteiger partial charge in [-0.15, -0.1) is 0 Å². The number of ketones is 1. The van der Waals surface area contributed by atoms with E-state index >= 15 is 0 Å². The first-order chi connectivity index (χ1) is 18.8. The molecule has 4 aromatic rings. The van der Waals surface area contributed by atoms with Crippen molar-refractivity contribution in [2.45, 2.75) is 26.8 Å². The van der Waals surface area contributed by atoms with E-state index in [2.05, 4.69) is 0 Å². The molecule has 2 N–H and O–H groups in total. The van der Waals surface area contributed by atoms with E-state index in [9.17, 15) is 19.8 Å². The second-order valence-corrected chi connectivity index (χ2v) is 9.24. The van der Waals surface area contributed by atoms with Crippen LogP contribution < -0.4 is 14.4 Å². The van der Waals surface area contributed by atoms with Gasteiger partial charge < -0.3 is 19.7 Å². The highest BCUT2D eigenvalue weighted by molar-refractivity contribution is 6.52. The Morgan fingerprint density at radius 2 is 1.59 bits per heavy atom. The number of hydrogen-bond donors (Lipinski definition) is 2. The lowest BCUT2D eigenvalue weighted by molar-refractivity contribution is -0.132. The lowest BCUT2D eigenvalue weighted by atomic mass is 9.94. The number of aryl methyl sites for hydroxylation is 1. The molecule has 0 saturated carbocycles. The number of aliphatic hydroxyl groups is 1. The molecule has 0 radical (unpaired) electrons. The van der Waals surface area contributed by atoms with E-state index < -0.39 is 17.7 Å². The summed E-state index contributed by atoms with van der Waals surface area (Å²) in [5.41, 5.74) is 2.16. The van der Waals surface area contributed by atoms with Crippen molar-refractivity contribution in [1.29, 1.82) is 0 Å². The van der Waals surface area contributed by atoms with E-state index in [1.54, 1.807) is 43.3 Å². The number of hydrogen-bond acceptors (Lipinski definition) is 6. The third kappa shape index (κ3) is 4.56. The molecule has 0 bridgehead atoms. The maximum Gasteiger partial charge on any atom is 0.300 e. The first-order valence-electron chi connectivity index (χ1n) is 12.8. The summed E-state index contributed by atoms with van der Waals surface area (Å²) in [7, 11) is 0. The Labute approximate surface area is 226 Å². The van der Waals surface area contributed by atoms with Crippen molar-refractivity contribution in [3.05, 3.63) is 101 Å². The van der Waals surface area contributed by atoms with Crippen molar-refractivity contribution in [3.8, 4) is 17.2 Å². The summed E-state index contributed by atoms with van der Waals surface area (Å²) in [5.74, 6) is -1.03. The number of anilines is 1. The van der Waals surface area contributed by atoms with Gasteiger partial charge in [0.15, 0.2) is 11.5 Å². The molecule has 1 fully saturated rings. The number of carbonyl (C=O) groups is 2. The topological polar surface area (TPSA) is 96.3 Å². The van der Waals surface area contributed by atoms with E-state index in [0.29, 0.717) is 35.8 Å². The standard InChI is InChI=1S/C32H29NO6/c1-4-38-26-16-14-22(17-19(26)3)30(35)28-29(21-13-15-25(34)27(18-21)39-5-2)33(32(37)31(28)36)24-12-8-10-20-9-6-7-11-23(20)24/h6-18,29,34-35H,4-5H2,1-3H3/b30-28+. The Morgan fingerprint density at radius 1 is 0.872 bits per heavy atom. The van der Waals surface area contributed by atoms with E-state index in [1.165, 1.54) is 11.0 Å². The molecule has 1 atom stereocenters. The van der Waals surface area contributed by atoms with Gasteiger partial charge in [0.1, 0.15) is 11.5 Å². The van der Waals surface area contributed by atoms with Crippen molar-refractivity contribution in [2.75, 3.05) is 18.1 Å². The molecule has 1 saturated heterocycles. The molecule has 1 aliphatic heterocycles. The van der Waals surface area contributed by atoms with Gasteiger partial charge in [0.2, 0.25) is 0 Å². The number of Topliss-reactive ketones (excluding diaryl/α,β-unsaturated/α-hetero) is 1.